The van der Waals surface area contributed by atoms with Gasteiger partial charge in [0.2, 0.25) is 29.5 Å². The van der Waals surface area contributed by atoms with Gasteiger partial charge in [-0.3, -0.25) is 28.8 Å². The molecule has 35 heavy (non-hydrogen) atoms. The third kappa shape index (κ3) is 13.5. The number of rotatable bonds is 17. The van der Waals surface area contributed by atoms with Crippen molar-refractivity contribution in [2.75, 3.05) is 0 Å². The van der Waals surface area contributed by atoms with Crippen molar-refractivity contribution >= 4 is 41.5 Å². The SMILES string of the molecule is CC(C)CC(NC(=O)C(N)CC(=O)O)C(=O)NC(CCC(N)=O)C(=O)NC(CCC(N)=O)C(=O)O. The van der Waals surface area contributed by atoms with Crippen LogP contribution >= 0.6 is 0 Å². The van der Waals surface area contributed by atoms with E-state index in [1.165, 1.54) is 0 Å². The number of nitrogens with one attached hydrogen (secondary N) is 3. The Hall–Kier alpha value is -3.75. The van der Waals surface area contributed by atoms with Gasteiger partial charge in [0.05, 0.1) is 12.5 Å². The van der Waals surface area contributed by atoms with Crippen LogP contribution in [-0.4, -0.2) is 75.9 Å². The molecule has 0 rings (SSSR count). The van der Waals surface area contributed by atoms with Gasteiger partial charge in [-0.1, -0.05) is 13.8 Å². The predicted molar refractivity (Wildman–Crippen MR) is 120 cm³/mol. The summed E-state index contributed by atoms with van der Waals surface area (Å²) in [7, 11) is 0. The molecule has 4 atom stereocenters. The number of carboxylic acid groups (broad SMARTS) is 2. The van der Waals surface area contributed by atoms with E-state index in [1.807, 2.05) is 0 Å². The van der Waals surface area contributed by atoms with Gasteiger partial charge in [0.15, 0.2) is 0 Å². The zero-order chi connectivity index (χ0) is 27.3. The second-order valence-corrected chi connectivity index (χ2v) is 8.37. The minimum absolute atomic E-state index is 0.0951. The molecular formula is C20H34N6O9. The first-order chi connectivity index (χ1) is 16.1. The molecule has 0 aliphatic carbocycles. The smallest absolute Gasteiger partial charge is 0.326 e. The van der Waals surface area contributed by atoms with Crippen LogP contribution in [-0.2, 0) is 33.6 Å². The van der Waals surface area contributed by atoms with Gasteiger partial charge in [0, 0.05) is 12.8 Å². The summed E-state index contributed by atoms with van der Waals surface area (Å²) in [5.41, 5.74) is 15.7. The number of primary amides is 2. The fourth-order valence-corrected chi connectivity index (χ4v) is 2.91. The Balaban J connectivity index is 5.60. The summed E-state index contributed by atoms with van der Waals surface area (Å²) >= 11 is 0. The van der Waals surface area contributed by atoms with Gasteiger partial charge in [0.1, 0.15) is 18.1 Å². The van der Waals surface area contributed by atoms with E-state index in [4.69, 9.17) is 22.3 Å². The van der Waals surface area contributed by atoms with Crippen LogP contribution in [0.2, 0.25) is 0 Å². The van der Waals surface area contributed by atoms with Gasteiger partial charge < -0.3 is 43.4 Å². The number of carboxylic acids is 2. The number of hydrogen-bond acceptors (Lipinski definition) is 8. The minimum Gasteiger partial charge on any atom is -0.481 e. The van der Waals surface area contributed by atoms with E-state index in [2.05, 4.69) is 16.0 Å². The molecule has 15 nitrogen and oxygen atoms in total. The van der Waals surface area contributed by atoms with E-state index in [1.54, 1.807) is 13.8 Å². The Kier molecular flexibility index (Phi) is 13.6. The molecule has 0 aliphatic rings. The molecule has 0 aromatic carbocycles. The van der Waals surface area contributed by atoms with Crippen LogP contribution in [0.3, 0.4) is 0 Å². The van der Waals surface area contributed by atoms with Crippen molar-refractivity contribution in [1.82, 2.24) is 16.0 Å². The minimum atomic E-state index is -1.50. The molecule has 11 N–H and O–H groups in total. The van der Waals surface area contributed by atoms with Crippen LogP contribution in [0.5, 0.6) is 0 Å². The highest BCUT2D eigenvalue weighted by molar-refractivity contribution is 5.95. The molecule has 198 valence electrons. The Bertz CT molecular complexity index is 817. The number of aliphatic carboxylic acids is 2. The van der Waals surface area contributed by atoms with E-state index in [0.29, 0.717) is 0 Å². The van der Waals surface area contributed by atoms with E-state index in [9.17, 15) is 38.7 Å². The summed E-state index contributed by atoms with van der Waals surface area (Å²) in [6.07, 6.45) is -1.82. The topological polar surface area (TPSA) is 274 Å². The first-order valence-corrected chi connectivity index (χ1v) is 10.8. The summed E-state index contributed by atoms with van der Waals surface area (Å²) in [5, 5.41) is 25.0. The largest absolute Gasteiger partial charge is 0.481 e. The van der Waals surface area contributed by atoms with Crippen molar-refractivity contribution in [3.8, 4) is 0 Å². The second-order valence-electron chi connectivity index (χ2n) is 8.37. The third-order valence-corrected chi connectivity index (χ3v) is 4.68. The number of amides is 5. The quantitative estimate of drug-likeness (QED) is 0.0991. The maximum atomic E-state index is 12.9. The fourth-order valence-electron chi connectivity index (χ4n) is 2.91. The zero-order valence-corrected chi connectivity index (χ0v) is 19.6. The van der Waals surface area contributed by atoms with Gasteiger partial charge in [-0.2, -0.15) is 0 Å². The Labute approximate surface area is 201 Å². The molecule has 0 fully saturated rings. The fraction of sp³-hybridized carbons (Fsp3) is 0.650. The highest BCUT2D eigenvalue weighted by Crippen LogP contribution is 2.08. The highest BCUT2D eigenvalue weighted by Gasteiger charge is 2.31. The molecule has 0 aromatic rings. The molecule has 0 bridgehead atoms. The average Bonchev–Trinajstić information content (AvgIpc) is 2.71. The molecule has 0 radical (unpaired) electrons. The first-order valence-electron chi connectivity index (χ1n) is 10.8. The lowest BCUT2D eigenvalue weighted by molar-refractivity contribution is -0.142. The lowest BCUT2D eigenvalue weighted by Gasteiger charge is -2.25. The van der Waals surface area contributed by atoms with Crippen LogP contribution in [0.1, 0.15) is 52.4 Å². The van der Waals surface area contributed by atoms with Crippen molar-refractivity contribution in [1.29, 1.82) is 0 Å². The summed E-state index contributed by atoms with van der Waals surface area (Å²) in [4.78, 5) is 82.2. The lowest BCUT2D eigenvalue weighted by atomic mass is 10.0. The van der Waals surface area contributed by atoms with Gasteiger partial charge in [-0.15, -0.1) is 0 Å². The van der Waals surface area contributed by atoms with E-state index in [0.717, 1.165) is 0 Å². The van der Waals surface area contributed by atoms with Crippen molar-refractivity contribution in [2.45, 2.75) is 76.5 Å². The highest BCUT2D eigenvalue weighted by atomic mass is 16.4. The zero-order valence-electron chi connectivity index (χ0n) is 19.6. The van der Waals surface area contributed by atoms with Gasteiger partial charge in [0.25, 0.3) is 0 Å². The molecule has 0 saturated carbocycles. The van der Waals surface area contributed by atoms with Gasteiger partial charge in [-0.25, -0.2) is 4.79 Å². The summed E-state index contributed by atoms with van der Waals surface area (Å²) in [6, 6.07) is -5.55. The molecular weight excluding hydrogens is 468 g/mol. The molecule has 5 amide bonds. The molecule has 0 heterocycles. The second kappa shape index (κ2) is 15.2. The Morgan fingerprint density at radius 3 is 1.57 bits per heavy atom. The van der Waals surface area contributed by atoms with Gasteiger partial charge >= 0.3 is 11.9 Å². The van der Waals surface area contributed by atoms with Crippen LogP contribution in [0, 0.1) is 5.92 Å². The summed E-state index contributed by atoms with van der Waals surface area (Å²) in [5.74, 6) is -7.16. The van der Waals surface area contributed by atoms with Crippen molar-refractivity contribution < 1.29 is 43.8 Å². The van der Waals surface area contributed by atoms with Crippen molar-refractivity contribution in [2.24, 2.45) is 23.1 Å². The van der Waals surface area contributed by atoms with Crippen molar-refractivity contribution in [3.63, 3.8) is 0 Å². The van der Waals surface area contributed by atoms with E-state index in [-0.39, 0.29) is 38.0 Å². The molecule has 15 heteroatoms. The molecule has 0 aliphatic heterocycles. The molecule has 0 saturated heterocycles. The van der Waals surface area contributed by atoms with Crippen LogP contribution in [0.15, 0.2) is 0 Å². The monoisotopic (exact) mass is 502 g/mol. The Morgan fingerprint density at radius 2 is 1.14 bits per heavy atom. The molecule has 0 aromatic heterocycles. The first kappa shape index (κ1) is 31.2. The molecule has 0 spiro atoms. The maximum Gasteiger partial charge on any atom is 0.326 e. The number of carbonyl (C=O) groups excluding carboxylic acids is 5. The number of hydrogen-bond donors (Lipinski definition) is 8. The normalized spacial score (nSPS) is 14.2. The van der Waals surface area contributed by atoms with Crippen LogP contribution in [0.25, 0.3) is 0 Å². The van der Waals surface area contributed by atoms with Crippen LogP contribution < -0.4 is 33.2 Å². The summed E-state index contributed by atoms with van der Waals surface area (Å²) in [6.45, 7) is 3.49. The summed E-state index contributed by atoms with van der Waals surface area (Å²) < 4.78 is 0. The predicted octanol–water partition coefficient (Wildman–Crippen LogP) is -3.10. The standard InChI is InChI=1S/C20H34N6O9/c1-9(2)7-13(26-17(31)10(21)8-16(29)30)19(33)24-11(3-5-14(22)27)18(32)25-12(20(34)35)4-6-15(23)28/h9-13H,3-8,21H2,1-2H3,(H2,22,27)(H2,23,28)(H,24,33)(H,25,32)(H,26,31)(H,29,30)(H,34,35). The van der Waals surface area contributed by atoms with E-state index < -0.39 is 72.1 Å². The van der Waals surface area contributed by atoms with Gasteiger partial charge in [-0.05, 0) is 25.2 Å². The maximum absolute atomic E-state index is 12.9. The van der Waals surface area contributed by atoms with Crippen molar-refractivity contribution in [3.05, 3.63) is 0 Å². The molecule has 4 unspecified atom stereocenters. The van der Waals surface area contributed by atoms with E-state index >= 15 is 0 Å². The van der Waals surface area contributed by atoms with Crippen LogP contribution in [0.4, 0.5) is 0 Å². The number of carbonyl (C=O) groups is 7. The lowest BCUT2D eigenvalue weighted by Crippen LogP contribution is -2.57. The third-order valence-electron chi connectivity index (χ3n) is 4.68. The average molecular weight is 503 g/mol. The Morgan fingerprint density at radius 1 is 0.714 bits per heavy atom. The number of nitrogens with two attached hydrogens (primary N) is 3.